The molecule has 0 saturated heterocycles. The van der Waals surface area contributed by atoms with Crippen molar-refractivity contribution in [1.82, 2.24) is 0 Å². The number of nitriles is 1. The van der Waals surface area contributed by atoms with E-state index in [0.717, 1.165) is 12.1 Å². The molecule has 0 radical (unpaired) electrons. The van der Waals surface area contributed by atoms with Crippen molar-refractivity contribution in [2.24, 2.45) is 0 Å². The van der Waals surface area contributed by atoms with E-state index in [9.17, 15) is 0 Å². The first-order chi connectivity index (χ1) is 6.57. The fourth-order valence-electron chi connectivity index (χ4n) is 1.15. The molecule has 0 amide bonds. The molecule has 1 aromatic rings. The van der Waals surface area contributed by atoms with Gasteiger partial charge in [0, 0.05) is 11.2 Å². The van der Waals surface area contributed by atoms with Crippen molar-refractivity contribution in [2.45, 2.75) is 32.7 Å². The van der Waals surface area contributed by atoms with Crippen LogP contribution in [0, 0.1) is 11.3 Å². The van der Waals surface area contributed by atoms with E-state index >= 15 is 0 Å². The number of anilines is 1. The molecule has 0 aromatic heterocycles. The van der Waals surface area contributed by atoms with Gasteiger partial charge in [0.1, 0.15) is 0 Å². The highest BCUT2D eigenvalue weighted by Gasteiger charge is 2.13. The average Bonchev–Trinajstić information content (AvgIpc) is 2.17. The van der Waals surface area contributed by atoms with Crippen molar-refractivity contribution in [1.29, 1.82) is 5.26 Å². The Morgan fingerprint density at radius 2 is 2.14 bits per heavy atom. The zero-order valence-corrected chi connectivity index (χ0v) is 8.96. The van der Waals surface area contributed by atoms with Crippen LogP contribution in [-0.4, -0.2) is 5.54 Å². The number of hydrogen-bond acceptors (Lipinski definition) is 2. The van der Waals surface area contributed by atoms with Crippen molar-refractivity contribution < 1.29 is 0 Å². The summed E-state index contributed by atoms with van der Waals surface area (Å²) in [5, 5.41) is 12.1. The number of benzene rings is 1. The van der Waals surface area contributed by atoms with Gasteiger partial charge in [-0.25, -0.2) is 0 Å². The lowest BCUT2D eigenvalue weighted by Gasteiger charge is -2.25. The van der Waals surface area contributed by atoms with Crippen LogP contribution in [0.15, 0.2) is 24.3 Å². The first-order valence-electron chi connectivity index (χ1n) is 4.86. The average molecular weight is 188 g/mol. The highest BCUT2D eigenvalue weighted by atomic mass is 15.0. The fourth-order valence-corrected chi connectivity index (χ4v) is 1.15. The molecule has 14 heavy (non-hydrogen) atoms. The van der Waals surface area contributed by atoms with Crippen LogP contribution in [0.3, 0.4) is 0 Å². The molecule has 1 rings (SSSR count). The monoisotopic (exact) mass is 188 g/mol. The molecule has 0 unspecified atom stereocenters. The van der Waals surface area contributed by atoms with E-state index in [1.165, 1.54) is 0 Å². The summed E-state index contributed by atoms with van der Waals surface area (Å²) in [6.45, 7) is 6.43. The molecule has 0 fully saturated rings. The van der Waals surface area contributed by atoms with Crippen LogP contribution >= 0.6 is 0 Å². The fraction of sp³-hybridized carbons (Fsp3) is 0.417. The Balaban J connectivity index is 2.83. The summed E-state index contributed by atoms with van der Waals surface area (Å²) < 4.78 is 0. The van der Waals surface area contributed by atoms with Gasteiger partial charge in [0.2, 0.25) is 0 Å². The van der Waals surface area contributed by atoms with E-state index in [4.69, 9.17) is 5.26 Å². The molecule has 1 N–H and O–H groups in total. The molecule has 2 nitrogen and oxygen atoms in total. The Bertz CT molecular complexity index is 348. The summed E-state index contributed by atoms with van der Waals surface area (Å²) in [6.07, 6.45) is 1.05. The Hall–Kier alpha value is -1.49. The molecule has 0 bridgehead atoms. The molecule has 1 aromatic carbocycles. The largest absolute Gasteiger partial charge is 0.380 e. The maximum absolute atomic E-state index is 8.74. The van der Waals surface area contributed by atoms with E-state index in [-0.39, 0.29) is 5.54 Å². The first kappa shape index (κ1) is 10.6. The lowest BCUT2D eigenvalue weighted by Crippen LogP contribution is -2.29. The second-order valence-corrected chi connectivity index (χ2v) is 4.06. The summed E-state index contributed by atoms with van der Waals surface area (Å²) in [7, 11) is 0. The van der Waals surface area contributed by atoms with Crippen molar-refractivity contribution in [3.05, 3.63) is 29.8 Å². The zero-order valence-electron chi connectivity index (χ0n) is 8.96. The predicted octanol–water partition coefficient (Wildman–Crippen LogP) is 3.16. The molecular weight excluding hydrogens is 172 g/mol. The van der Waals surface area contributed by atoms with E-state index < -0.39 is 0 Å². The number of hydrogen-bond donors (Lipinski definition) is 1. The third-order valence-corrected chi connectivity index (χ3v) is 2.36. The van der Waals surface area contributed by atoms with E-state index in [0.29, 0.717) is 5.56 Å². The minimum atomic E-state index is 0.0775. The first-order valence-corrected chi connectivity index (χ1v) is 4.86. The maximum Gasteiger partial charge on any atom is 0.0992 e. The van der Waals surface area contributed by atoms with Crippen LogP contribution in [0.4, 0.5) is 5.69 Å². The Morgan fingerprint density at radius 3 is 2.71 bits per heavy atom. The van der Waals surface area contributed by atoms with Gasteiger partial charge in [-0.3, -0.25) is 0 Å². The zero-order chi connectivity index (χ0) is 10.6. The standard InChI is InChI=1S/C12H16N2/c1-4-12(2,3)14-11-7-5-6-10(8-11)9-13/h5-8,14H,4H2,1-3H3. The lowest BCUT2D eigenvalue weighted by molar-refractivity contribution is 0.547. The molecular formula is C12H16N2. The molecule has 0 saturated carbocycles. The molecule has 0 aliphatic carbocycles. The van der Waals surface area contributed by atoms with Crippen molar-refractivity contribution >= 4 is 5.69 Å². The summed E-state index contributed by atoms with van der Waals surface area (Å²) in [4.78, 5) is 0. The number of rotatable bonds is 3. The summed E-state index contributed by atoms with van der Waals surface area (Å²) in [5.41, 5.74) is 1.78. The van der Waals surface area contributed by atoms with Gasteiger partial charge in [0.05, 0.1) is 11.6 Å². The summed E-state index contributed by atoms with van der Waals surface area (Å²) in [5.74, 6) is 0. The molecule has 0 aliphatic rings. The van der Waals surface area contributed by atoms with Gasteiger partial charge in [-0.05, 0) is 38.5 Å². The van der Waals surface area contributed by atoms with Crippen LogP contribution in [-0.2, 0) is 0 Å². The van der Waals surface area contributed by atoms with Crippen molar-refractivity contribution in [3.63, 3.8) is 0 Å². The van der Waals surface area contributed by atoms with Gasteiger partial charge in [0.25, 0.3) is 0 Å². The smallest absolute Gasteiger partial charge is 0.0992 e. The van der Waals surface area contributed by atoms with Crippen molar-refractivity contribution in [2.75, 3.05) is 5.32 Å². The van der Waals surface area contributed by atoms with Gasteiger partial charge in [-0.1, -0.05) is 13.0 Å². The summed E-state index contributed by atoms with van der Waals surface area (Å²) in [6, 6.07) is 9.69. The maximum atomic E-state index is 8.74. The highest BCUT2D eigenvalue weighted by Crippen LogP contribution is 2.18. The number of nitrogens with zero attached hydrogens (tertiary/aromatic N) is 1. The minimum Gasteiger partial charge on any atom is -0.380 e. The van der Waals surface area contributed by atoms with Gasteiger partial charge < -0.3 is 5.32 Å². The van der Waals surface area contributed by atoms with Crippen LogP contribution in [0.25, 0.3) is 0 Å². The molecule has 0 atom stereocenters. The Labute approximate surface area is 85.6 Å². The highest BCUT2D eigenvalue weighted by molar-refractivity contribution is 5.50. The molecule has 74 valence electrons. The van der Waals surface area contributed by atoms with Crippen LogP contribution in [0.2, 0.25) is 0 Å². The van der Waals surface area contributed by atoms with Crippen molar-refractivity contribution in [3.8, 4) is 6.07 Å². The number of nitrogens with one attached hydrogen (secondary N) is 1. The summed E-state index contributed by atoms with van der Waals surface area (Å²) >= 11 is 0. The van der Waals surface area contributed by atoms with Crippen LogP contribution in [0.1, 0.15) is 32.8 Å². The molecule has 0 spiro atoms. The van der Waals surface area contributed by atoms with E-state index in [1.54, 1.807) is 0 Å². The van der Waals surface area contributed by atoms with Gasteiger partial charge in [0.15, 0.2) is 0 Å². The van der Waals surface area contributed by atoms with E-state index in [2.05, 4.69) is 32.2 Å². The van der Waals surface area contributed by atoms with Gasteiger partial charge in [-0.2, -0.15) is 5.26 Å². The minimum absolute atomic E-state index is 0.0775. The molecule has 2 heteroatoms. The predicted molar refractivity (Wildman–Crippen MR) is 59.1 cm³/mol. The third-order valence-electron chi connectivity index (χ3n) is 2.36. The van der Waals surface area contributed by atoms with Crippen LogP contribution < -0.4 is 5.32 Å². The van der Waals surface area contributed by atoms with E-state index in [1.807, 2.05) is 24.3 Å². The Morgan fingerprint density at radius 1 is 1.43 bits per heavy atom. The molecule has 0 heterocycles. The quantitative estimate of drug-likeness (QED) is 0.790. The van der Waals surface area contributed by atoms with Gasteiger partial charge in [-0.15, -0.1) is 0 Å². The Kier molecular flexibility index (Phi) is 3.14. The third kappa shape index (κ3) is 2.77. The second kappa shape index (κ2) is 4.15. The van der Waals surface area contributed by atoms with Gasteiger partial charge >= 0.3 is 0 Å². The second-order valence-electron chi connectivity index (χ2n) is 4.06. The molecule has 0 aliphatic heterocycles. The SMILES string of the molecule is CCC(C)(C)Nc1cccc(C#N)c1. The normalized spacial score (nSPS) is 10.7. The topological polar surface area (TPSA) is 35.8 Å². The lowest BCUT2D eigenvalue weighted by atomic mass is 10.0. The van der Waals surface area contributed by atoms with Crippen LogP contribution in [0.5, 0.6) is 0 Å².